The number of hydrogen-bond donors (Lipinski definition) is 2. The van der Waals surface area contributed by atoms with Crippen LogP contribution < -0.4 is 16.6 Å². The van der Waals surface area contributed by atoms with Gasteiger partial charge in [0.2, 0.25) is 0 Å². The minimum absolute atomic E-state index is 0.0838. The summed E-state index contributed by atoms with van der Waals surface area (Å²) in [6, 6.07) is 5.28. The Morgan fingerprint density at radius 1 is 1.27 bits per heavy atom. The van der Waals surface area contributed by atoms with E-state index >= 15 is 0 Å². The number of nitrogens with zero attached hydrogens (tertiary/aromatic N) is 6. The number of benzene rings is 1. The monoisotopic (exact) mass is 442 g/mol. The van der Waals surface area contributed by atoms with E-state index in [1.165, 1.54) is 6.33 Å². The summed E-state index contributed by atoms with van der Waals surface area (Å²) >= 11 is 0. The van der Waals surface area contributed by atoms with Gasteiger partial charge in [0.1, 0.15) is 29.4 Å². The third-order valence-corrected chi connectivity index (χ3v) is 5.49. The molecule has 166 valence electrons. The van der Waals surface area contributed by atoms with Crippen LogP contribution in [0.4, 0.5) is 11.6 Å². The molecule has 3 heterocycles. The predicted molar refractivity (Wildman–Crippen MR) is 123 cm³/mol. The van der Waals surface area contributed by atoms with Crippen molar-refractivity contribution in [3.8, 4) is 23.3 Å². The van der Waals surface area contributed by atoms with Gasteiger partial charge in [-0.1, -0.05) is 17.1 Å². The number of nitrogens with one attached hydrogen (secondary N) is 1. The highest BCUT2D eigenvalue weighted by Crippen LogP contribution is 2.37. The lowest BCUT2D eigenvalue weighted by Gasteiger charge is -2.21. The van der Waals surface area contributed by atoms with Crippen LogP contribution in [-0.2, 0) is 0 Å². The Balaban J connectivity index is 1.63. The summed E-state index contributed by atoms with van der Waals surface area (Å²) in [5, 5.41) is 7.70. The molecule has 33 heavy (non-hydrogen) atoms. The minimum Gasteiger partial charge on any atom is -0.383 e. The zero-order valence-electron chi connectivity index (χ0n) is 18.5. The van der Waals surface area contributed by atoms with Gasteiger partial charge in [-0.2, -0.15) is 4.98 Å². The van der Waals surface area contributed by atoms with E-state index in [4.69, 9.17) is 15.2 Å². The summed E-state index contributed by atoms with van der Waals surface area (Å²) in [6.07, 6.45) is 3.22. The Bertz CT molecular complexity index is 1490. The molecule has 4 aromatic rings. The summed E-state index contributed by atoms with van der Waals surface area (Å²) in [6.45, 7) is 5.39. The molecule has 10 nitrogen and oxygen atoms in total. The van der Waals surface area contributed by atoms with Gasteiger partial charge in [0.15, 0.2) is 5.82 Å². The van der Waals surface area contributed by atoms with E-state index in [0.717, 1.165) is 12.8 Å². The van der Waals surface area contributed by atoms with Crippen molar-refractivity contribution < 1.29 is 4.52 Å². The van der Waals surface area contributed by atoms with E-state index in [-0.39, 0.29) is 29.4 Å². The third-order valence-electron chi connectivity index (χ3n) is 5.49. The van der Waals surface area contributed by atoms with Gasteiger partial charge in [0, 0.05) is 11.6 Å². The highest BCUT2D eigenvalue weighted by atomic mass is 16.5. The van der Waals surface area contributed by atoms with Crippen molar-refractivity contribution in [1.29, 1.82) is 0 Å². The molecule has 1 aromatic carbocycles. The third kappa shape index (κ3) is 3.67. The first-order chi connectivity index (χ1) is 16.0. The van der Waals surface area contributed by atoms with Crippen LogP contribution in [-0.4, -0.2) is 29.7 Å². The van der Waals surface area contributed by atoms with Gasteiger partial charge >= 0.3 is 0 Å². The summed E-state index contributed by atoms with van der Waals surface area (Å²) < 4.78 is 7.08. The first kappa shape index (κ1) is 20.6. The first-order valence-electron chi connectivity index (χ1n) is 10.6. The van der Waals surface area contributed by atoms with Crippen molar-refractivity contribution in [2.45, 2.75) is 45.7 Å². The summed E-state index contributed by atoms with van der Waals surface area (Å²) in [4.78, 5) is 31.1. The van der Waals surface area contributed by atoms with Gasteiger partial charge in [0.25, 0.3) is 11.4 Å². The number of nitrogens with two attached hydrogens (primary N) is 1. The average Bonchev–Trinajstić information content (AvgIpc) is 3.54. The van der Waals surface area contributed by atoms with Crippen molar-refractivity contribution in [1.82, 2.24) is 29.7 Å². The topological polar surface area (TPSA) is 138 Å². The molecule has 1 fully saturated rings. The van der Waals surface area contributed by atoms with Crippen molar-refractivity contribution in [2.24, 2.45) is 0 Å². The maximum Gasteiger partial charge on any atom is 0.265 e. The fourth-order valence-corrected chi connectivity index (χ4v) is 3.88. The van der Waals surface area contributed by atoms with Crippen LogP contribution in [0.25, 0.3) is 22.4 Å². The smallest absolute Gasteiger partial charge is 0.265 e. The highest BCUT2D eigenvalue weighted by molar-refractivity contribution is 5.84. The summed E-state index contributed by atoms with van der Waals surface area (Å²) in [7, 11) is 0. The van der Waals surface area contributed by atoms with Crippen molar-refractivity contribution >= 4 is 22.5 Å². The molecule has 1 aliphatic carbocycles. The number of rotatable bonds is 5. The molecule has 0 aliphatic heterocycles. The van der Waals surface area contributed by atoms with E-state index in [1.807, 2.05) is 25.1 Å². The van der Waals surface area contributed by atoms with Crippen LogP contribution in [0.2, 0.25) is 0 Å². The van der Waals surface area contributed by atoms with Crippen LogP contribution in [0, 0.1) is 18.8 Å². The number of aryl methyl sites for hydroxylation is 1. The summed E-state index contributed by atoms with van der Waals surface area (Å²) in [5.74, 6) is 7.83. The SMILES string of the molecule is CC#Cc1cccc2nc([C@H](C)Nc3ncnc(N)c3-c3nc(C)no3)n(C3CC3)c(=O)c12. The van der Waals surface area contributed by atoms with Gasteiger partial charge in [-0.05, 0) is 45.7 Å². The fraction of sp³-hybridized carbons (Fsp3) is 0.304. The number of anilines is 2. The van der Waals surface area contributed by atoms with Crippen LogP contribution in [0.3, 0.4) is 0 Å². The largest absolute Gasteiger partial charge is 0.383 e. The van der Waals surface area contributed by atoms with Gasteiger partial charge in [-0.25, -0.2) is 15.0 Å². The standard InChI is InChI=1S/C23H22N8O2/c1-4-6-14-7-5-8-16-17(14)23(32)31(15-9-10-15)21(29-16)12(2)27-20-18(19(24)25-11-26-20)22-28-13(3)30-33-22/h5,7-8,11-12,15H,9-10H2,1-3H3,(H3,24,25,26,27)/t12-/m0/s1. The van der Waals surface area contributed by atoms with Gasteiger partial charge in [0.05, 0.1) is 16.9 Å². The van der Waals surface area contributed by atoms with E-state index in [0.29, 0.717) is 39.5 Å². The number of hydrogen-bond acceptors (Lipinski definition) is 9. The second kappa shape index (κ2) is 8.02. The molecule has 3 aromatic heterocycles. The molecular formula is C23H22N8O2. The Morgan fingerprint density at radius 3 is 2.79 bits per heavy atom. The lowest BCUT2D eigenvalue weighted by atomic mass is 10.1. The van der Waals surface area contributed by atoms with E-state index < -0.39 is 0 Å². The Hall–Kier alpha value is -4.26. The second-order valence-corrected chi connectivity index (χ2v) is 7.95. The highest BCUT2D eigenvalue weighted by Gasteiger charge is 2.31. The van der Waals surface area contributed by atoms with E-state index in [1.54, 1.807) is 18.4 Å². The molecule has 0 spiro atoms. The van der Waals surface area contributed by atoms with E-state index in [2.05, 4.69) is 37.3 Å². The molecule has 5 rings (SSSR count). The second-order valence-electron chi connectivity index (χ2n) is 7.95. The number of aromatic nitrogens is 6. The Kier molecular flexibility index (Phi) is 5.01. The Labute approximate surface area is 189 Å². The van der Waals surface area contributed by atoms with Crippen LogP contribution >= 0.6 is 0 Å². The maximum atomic E-state index is 13.6. The maximum absolute atomic E-state index is 13.6. The summed E-state index contributed by atoms with van der Waals surface area (Å²) in [5.41, 5.74) is 7.73. The lowest BCUT2D eigenvalue weighted by Crippen LogP contribution is -2.28. The predicted octanol–water partition coefficient (Wildman–Crippen LogP) is 3.01. The molecule has 0 unspecified atom stereocenters. The normalized spacial score (nSPS) is 14.0. The molecule has 1 saturated carbocycles. The Morgan fingerprint density at radius 2 is 2.09 bits per heavy atom. The molecule has 1 atom stereocenters. The zero-order chi connectivity index (χ0) is 23.1. The first-order valence-corrected chi connectivity index (χ1v) is 10.6. The lowest BCUT2D eigenvalue weighted by molar-refractivity contribution is 0.425. The average molecular weight is 442 g/mol. The van der Waals surface area contributed by atoms with Gasteiger partial charge in [-0.15, -0.1) is 5.92 Å². The van der Waals surface area contributed by atoms with Crippen molar-refractivity contribution in [3.63, 3.8) is 0 Å². The number of nitrogen functional groups attached to an aromatic ring is 1. The van der Waals surface area contributed by atoms with Crippen LogP contribution in [0.5, 0.6) is 0 Å². The molecular weight excluding hydrogens is 420 g/mol. The number of fused-ring (bicyclic) bond motifs is 1. The van der Waals surface area contributed by atoms with Crippen LogP contribution in [0.15, 0.2) is 33.8 Å². The molecule has 3 N–H and O–H groups in total. The van der Waals surface area contributed by atoms with Gasteiger partial charge in [-0.3, -0.25) is 9.36 Å². The van der Waals surface area contributed by atoms with E-state index in [9.17, 15) is 4.79 Å². The molecule has 0 radical (unpaired) electrons. The zero-order valence-corrected chi connectivity index (χ0v) is 18.5. The minimum atomic E-state index is -0.374. The molecule has 1 aliphatic rings. The molecule has 0 amide bonds. The molecule has 0 saturated heterocycles. The quantitative estimate of drug-likeness (QED) is 0.447. The van der Waals surface area contributed by atoms with Crippen molar-refractivity contribution in [2.75, 3.05) is 11.1 Å². The van der Waals surface area contributed by atoms with Crippen LogP contribution in [0.1, 0.15) is 56.0 Å². The van der Waals surface area contributed by atoms with Crippen molar-refractivity contribution in [3.05, 3.63) is 52.1 Å². The molecule has 10 heteroatoms. The fourth-order valence-electron chi connectivity index (χ4n) is 3.88. The molecule has 0 bridgehead atoms. The van der Waals surface area contributed by atoms with Gasteiger partial charge < -0.3 is 15.6 Å².